The van der Waals surface area contributed by atoms with Gasteiger partial charge >= 0.3 is 0 Å². The summed E-state index contributed by atoms with van der Waals surface area (Å²) in [7, 11) is 2.19. The number of aliphatic hydroxyl groups is 1. The lowest BCUT2D eigenvalue weighted by Crippen LogP contribution is -2.48. The van der Waals surface area contributed by atoms with Gasteiger partial charge in [-0.2, -0.15) is 0 Å². The summed E-state index contributed by atoms with van der Waals surface area (Å²) in [5.41, 5.74) is 0. The Kier molecular flexibility index (Phi) is 5.45. The molecule has 1 heterocycles. The summed E-state index contributed by atoms with van der Waals surface area (Å²) in [6, 6.07) is 0.581. The van der Waals surface area contributed by atoms with E-state index < -0.39 is 0 Å². The van der Waals surface area contributed by atoms with Crippen LogP contribution in [0.2, 0.25) is 0 Å². The Bertz CT molecular complexity index is 152. The predicted molar refractivity (Wildman–Crippen MR) is 59.4 cm³/mol. The molecule has 0 spiro atoms. The molecule has 3 nitrogen and oxygen atoms in total. The fraction of sp³-hybridized carbons (Fsp3) is 1.00. The van der Waals surface area contributed by atoms with Gasteiger partial charge in [0.15, 0.2) is 0 Å². The highest BCUT2D eigenvalue weighted by molar-refractivity contribution is 4.81. The van der Waals surface area contributed by atoms with Crippen molar-refractivity contribution in [3.05, 3.63) is 0 Å². The van der Waals surface area contributed by atoms with Gasteiger partial charge < -0.3 is 15.3 Å². The molecule has 0 saturated carbocycles. The van der Waals surface area contributed by atoms with Crippen LogP contribution >= 0.6 is 0 Å². The van der Waals surface area contributed by atoms with Crippen LogP contribution in [0.5, 0.6) is 0 Å². The molecule has 84 valence electrons. The number of nitrogens with zero attached hydrogens (tertiary/aromatic N) is 1. The van der Waals surface area contributed by atoms with Crippen molar-refractivity contribution >= 4 is 0 Å². The minimum Gasteiger partial charge on any atom is -0.395 e. The lowest BCUT2D eigenvalue weighted by Gasteiger charge is -2.36. The Balaban J connectivity index is 2.29. The van der Waals surface area contributed by atoms with Crippen molar-refractivity contribution in [3.8, 4) is 0 Å². The van der Waals surface area contributed by atoms with E-state index in [9.17, 15) is 0 Å². The first-order chi connectivity index (χ1) is 6.76. The maximum atomic E-state index is 8.76. The summed E-state index contributed by atoms with van der Waals surface area (Å²) in [5.74, 6) is 0.843. The van der Waals surface area contributed by atoms with E-state index in [4.69, 9.17) is 5.11 Å². The van der Waals surface area contributed by atoms with Gasteiger partial charge in [-0.3, -0.25) is 0 Å². The number of piperidine rings is 1. The molecule has 0 aromatic heterocycles. The number of aliphatic hydroxyl groups excluding tert-OH is 1. The molecule has 1 aliphatic rings. The summed E-state index contributed by atoms with van der Waals surface area (Å²) in [5, 5.41) is 12.2. The molecule has 2 atom stereocenters. The minimum absolute atomic E-state index is 0.249. The normalized spacial score (nSPS) is 29.4. The second-order valence-corrected chi connectivity index (χ2v) is 4.49. The highest BCUT2D eigenvalue weighted by Gasteiger charge is 2.23. The van der Waals surface area contributed by atoms with Crippen molar-refractivity contribution in [2.45, 2.75) is 32.2 Å². The van der Waals surface area contributed by atoms with E-state index >= 15 is 0 Å². The van der Waals surface area contributed by atoms with E-state index in [1.54, 1.807) is 0 Å². The average molecular weight is 200 g/mol. The van der Waals surface area contributed by atoms with Gasteiger partial charge in [-0.05, 0) is 25.8 Å². The highest BCUT2D eigenvalue weighted by Crippen LogP contribution is 2.20. The molecule has 14 heavy (non-hydrogen) atoms. The van der Waals surface area contributed by atoms with Crippen LogP contribution in [0, 0.1) is 5.92 Å². The van der Waals surface area contributed by atoms with Gasteiger partial charge in [-0.15, -0.1) is 0 Å². The van der Waals surface area contributed by atoms with Crippen molar-refractivity contribution in [1.29, 1.82) is 0 Å². The molecule has 3 heteroatoms. The van der Waals surface area contributed by atoms with Gasteiger partial charge in [0.05, 0.1) is 6.61 Å². The molecule has 0 radical (unpaired) electrons. The highest BCUT2D eigenvalue weighted by atomic mass is 16.3. The van der Waals surface area contributed by atoms with Gasteiger partial charge in [0.2, 0.25) is 0 Å². The van der Waals surface area contributed by atoms with Crippen LogP contribution < -0.4 is 5.32 Å². The topological polar surface area (TPSA) is 35.5 Å². The first-order valence-electron chi connectivity index (χ1n) is 5.79. The van der Waals surface area contributed by atoms with Gasteiger partial charge in [0, 0.05) is 25.7 Å². The van der Waals surface area contributed by atoms with Crippen molar-refractivity contribution in [2.24, 2.45) is 5.92 Å². The maximum Gasteiger partial charge on any atom is 0.0556 e. The Hall–Kier alpha value is -0.120. The first-order valence-corrected chi connectivity index (χ1v) is 5.79. The average Bonchev–Trinajstić information content (AvgIpc) is 2.14. The molecule has 0 bridgehead atoms. The standard InChI is InChI=1S/C11H24N2O/c1-3-4-10-7-11(12-5-6-14)9-13(2)8-10/h10-12,14H,3-9H2,1-2H3. The summed E-state index contributed by atoms with van der Waals surface area (Å²) in [6.45, 7) is 5.60. The molecule has 0 aromatic carbocycles. The first kappa shape index (κ1) is 12.0. The van der Waals surface area contributed by atoms with Crippen LogP contribution in [0.3, 0.4) is 0 Å². The van der Waals surface area contributed by atoms with Crippen LogP contribution in [0.4, 0.5) is 0 Å². The Morgan fingerprint density at radius 1 is 1.43 bits per heavy atom. The fourth-order valence-corrected chi connectivity index (χ4v) is 2.48. The smallest absolute Gasteiger partial charge is 0.0556 e. The van der Waals surface area contributed by atoms with E-state index in [1.165, 1.54) is 25.8 Å². The summed E-state index contributed by atoms with van der Waals surface area (Å²) >= 11 is 0. The molecule has 2 unspecified atom stereocenters. The largest absolute Gasteiger partial charge is 0.395 e. The van der Waals surface area contributed by atoms with E-state index in [0.717, 1.165) is 19.0 Å². The monoisotopic (exact) mass is 200 g/mol. The lowest BCUT2D eigenvalue weighted by molar-refractivity contribution is 0.157. The van der Waals surface area contributed by atoms with Crippen LogP contribution in [0.25, 0.3) is 0 Å². The molecule has 1 fully saturated rings. The van der Waals surface area contributed by atoms with E-state index in [-0.39, 0.29) is 6.61 Å². The number of hydrogen-bond donors (Lipinski definition) is 2. The van der Waals surface area contributed by atoms with Crippen LogP contribution in [0.1, 0.15) is 26.2 Å². The summed E-state index contributed by atoms with van der Waals surface area (Å²) < 4.78 is 0. The number of hydrogen-bond acceptors (Lipinski definition) is 3. The molecular weight excluding hydrogens is 176 g/mol. The van der Waals surface area contributed by atoms with E-state index in [0.29, 0.717) is 6.04 Å². The molecule has 0 aromatic rings. The minimum atomic E-state index is 0.249. The SMILES string of the molecule is CCCC1CC(NCCO)CN(C)C1. The molecule has 0 amide bonds. The zero-order valence-corrected chi connectivity index (χ0v) is 9.50. The zero-order valence-electron chi connectivity index (χ0n) is 9.50. The van der Waals surface area contributed by atoms with Crippen LogP contribution in [-0.4, -0.2) is 49.3 Å². The Labute approximate surface area is 87.5 Å². The van der Waals surface area contributed by atoms with Gasteiger partial charge in [0.1, 0.15) is 0 Å². The zero-order chi connectivity index (χ0) is 10.4. The molecular formula is C11H24N2O. The third kappa shape index (κ3) is 3.95. The number of likely N-dealkylation sites (N-methyl/N-ethyl adjacent to an activating group) is 1. The van der Waals surface area contributed by atoms with Crippen molar-refractivity contribution in [2.75, 3.05) is 33.3 Å². The van der Waals surface area contributed by atoms with Crippen molar-refractivity contribution in [3.63, 3.8) is 0 Å². The second-order valence-electron chi connectivity index (χ2n) is 4.49. The molecule has 1 rings (SSSR count). The van der Waals surface area contributed by atoms with Crippen molar-refractivity contribution in [1.82, 2.24) is 10.2 Å². The number of nitrogens with one attached hydrogen (secondary N) is 1. The quantitative estimate of drug-likeness (QED) is 0.685. The molecule has 1 aliphatic heterocycles. The second kappa shape index (κ2) is 6.38. The summed E-state index contributed by atoms with van der Waals surface area (Å²) in [4.78, 5) is 2.40. The van der Waals surface area contributed by atoms with Crippen molar-refractivity contribution < 1.29 is 5.11 Å². The molecule has 0 aliphatic carbocycles. The van der Waals surface area contributed by atoms with E-state index in [1.807, 2.05) is 0 Å². The van der Waals surface area contributed by atoms with Gasteiger partial charge in [-0.1, -0.05) is 13.3 Å². The molecule has 2 N–H and O–H groups in total. The molecule has 1 saturated heterocycles. The van der Waals surface area contributed by atoms with Crippen LogP contribution in [0.15, 0.2) is 0 Å². The van der Waals surface area contributed by atoms with Gasteiger partial charge in [-0.25, -0.2) is 0 Å². The predicted octanol–water partition coefficient (Wildman–Crippen LogP) is 0.689. The number of likely N-dealkylation sites (tertiary alicyclic amines) is 1. The summed E-state index contributed by atoms with van der Waals surface area (Å²) in [6.07, 6.45) is 3.89. The van der Waals surface area contributed by atoms with E-state index in [2.05, 4.69) is 24.2 Å². The maximum absolute atomic E-state index is 8.76. The third-order valence-electron chi connectivity index (χ3n) is 2.96. The Morgan fingerprint density at radius 3 is 2.86 bits per heavy atom. The van der Waals surface area contributed by atoms with Gasteiger partial charge in [0.25, 0.3) is 0 Å². The van der Waals surface area contributed by atoms with Crippen LogP contribution in [-0.2, 0) is 0 Å². The lowest BCUT2D eigenvalue weighted by atomic mass is 9.91. The fourth-order valence-electron chi connectivity index (χ4n) is 2.48. The third-order valence-corrected chi connectivity index (χ3v) is 2.96. The number of rotatable bonds is 5. The Morgan fingerprint density at radius 2 is 2.21 bits per heavy atom.